The van der Waals surface area contributed by atoms with Crippen molar-refractivity contribution < 1.29 is 19.4 Å². The van der Waals surface area contributed by atoms with Crippen LogP contribution in [0, 0.1) is 0 Å². The number of carbonyl (C=O) groups excluding carboxylic acids is 2. The summed E-state index contributed by atoms with van der Waals surface area (Å²) in [6.45, 7) is 0.362. The number of aromatic nitrogens is 1. The maximum atomic E-state index is 13.1. The fraction of sp³-hybridized carbons (Fsp3) is 0.0741. The molecule has 7 nitrogen and oxygen atoms in total. The Morgan fingerprint density at radius 1 is 0.886 bits per heavy atom. The Morgan fingerprint density at radius 2 is 1.69 bits per heavy atom. The molecular weight excluding hydrogens is 466 g/mol. The van der Waals surface area contributed by atoms with Crippen molar-refractivity contribution in [1.29, 1.82) is 0 Å². The molecule has 2 amide bonds. The fourth-order valence-corrected chi connectivity index (χ4v) is 3.48. The number of anilines is 1. The predicted molar refractivity (Wildman–Crippen MR) is 134 cm³/mol. The van der Waals surface area contributed by atoms with Gasteiger partial charge in [-0.25, -0.2) is 0 Å². The molecule has 0 saturated heterocycles. The van der Waals surface area contributed by atoms with E-state index in [1.165, 1.54) is 18.2 Å². The number of phenols is 1. The molecule has 4 aromatic rings. The van der Waals surface area contributed by atoms with Crippen LogP contribution in [0.2, 0.25) is 5.02 Å². The second-order valence-corrected chi connectivity index (χ2v) is 7.98. The topological polar surface area (TPSA) is 101 Å². The molecule has 0 fully saturated rings. The molecule has 0 saturated carbocycles. The van der Waals surface area contributed by atoms with Gasteiger partial charge in [-0.05, 0) is 60.7 Å². The Kier molecular flexibility index (Phi) is 7.60. The Balaban J connectivity index is 1.55. The highest BCUT2D eigenvalue weighted by Gasteiger charge is 2.17. The number of amides is 2. The lowest BCUT2D eigenvalue weighted by molar-refractivity contribution is 0.0954. The number of nitrogens with one attached hydrogen (secondary N) is 2. The van der Waals surface area contributed by atoms with Gasteiger partial charge >= 0.3 is 0 Å². The van der Waals surface area contributed by atoms with Gasteiger partial charge in [-0.2, -0.15) is 0 Å². The van der Waals surface area contributed by atoms with E-state index in [0.29, 0.717) is 30.2 Å². The summed E-state index contributed by atoms with van der Waals surface area (Å²) in [6, 6.07) is 23.7. The standard InChI is InChI=1S/C27H22ClN3O4/c28-23-16-18(9-12-25(23)32)26(33)31-24-11-10-21(35-20-7-2-1-3-8-20)17-22(24)27(34)30-15-13-19-6-4-5-14-29-19/h1-12,14,16-17,32H,13,15H2,(H,30,34)(H,31,33). The summed E-state index contributed by atoms with van der Waals surface area (Å²) < 4.78 is 5.87. The zero-order chi connectivity index (χ0) is 24.6. The number of halogens is 1. The van der Waals surface area contributed by atoms with Gasteiger partial charge in [-0.1, -0.05) is 35.9 Å². The van der Waals surface area contributed by atoms with Gasteiger partial charge in [0, 0.05) is 30.4 Å². The summed E-state index contributed by atoms with van der Waals surface area (Å²) in [4.78, 5) is 30.1. The highest BCUT2D eigenvalue weighted by molar-refractivity contribution is 6.32. The maximum absolute atomic E-state index is 13.1. The monoisotopic (exact) mass is 487 g/mol. The van der Waals surface area contributed by atoms with E-state index in [9.17, 15) is 14.7 Å². The summed E-state index contributed by atoms with van der Waals surface area (Å²) in [5.41, 5.74) is 1.62. The number of ether oxygens (including phenoxy) is 1. The SMILES string of the molecule is O=C(Nc1ccc(Oc2ccccc2)cc1C(=O)NCCc1ccccn1)c1ccc(O)c(Cl)c1. The number of aromatic hydroxyl groups is 1. The number of hydrogen-bond donors (Lipinski definition) is 3. The van der Waals surface area contributed by atoms with Gasteiger partial charge in [0.05, 0.1) is 16.3 Å². The Morgan fingerprint density at radius 3 is 2.43 bits per heavy atom. The average molecular weight is 488 g/mol. The average Bonchev–Trinajstić information content (AvgIpc) is 2.87. The molecule has 0 aliphatic carbocycles. The summed E-state index contributed by atoms with van der Waals surface area (Å²) in [5, 5.41) is 15.3. The number of hydrogen-bond acceptors (Lipinski definition) is 5. The molecule has 0 aliphatic heterocycles. The highest BCUT2D eigenvalue weighted by atomic mass is 35.5. The lowest BCUT2D eigenvalue weighted by atomic mass is 10.1. The van der Waals surface area contributed by atoms with Crippen molar-refractivity contribution in [3.05, 3.63) is 113 Å². The van der Waals surface area contributed by atoms with Crippen LogP contribution in [0.25, 0.3) is 0 Å². The van der Waals surface area contributed by atoms with Crippen LogP contribution in [0.15, 0.2) is 91.1 Å². The van der Waals surface area contributed by atoms with Crippen LogP contribution in [0.1, 0.15) is 26.4 Å². The molecular formula is C27H22ClN3O4. The van der Waals surface area contributed by atoms with Crippen molar-refractivity contribution in [3.8, 4) is 17.2 Å². The van der Waals surface area contributed by atoms with Crippen molar-refractivity contribution in [2.75, 3.05) is 11.9 Å². The van der Waals surface area contributed by atoms with Crippen molar-refractivity contribution in [1.82, 2.24) is 10.3 Å². The zero-order valence-electron chi connectivity index (χ0n) is 18.6. The highest BCUT2D eigenvalue weighted by Crippen LogP contribution is 2.28. The molecule has 8 heteroatoms. The first kappa shape index (κ1) is 23.8. The van der Waals surface area contributed by atoms with Gasteiger partial charge in [0.2, 0.25) is 0 Å². The molecule has 0 bridgehead atoms. The van der Waals surface area contributed by atoms with Gasteiger partial charge in [0.15, 0.2) is 0 Å². The third-order valence-corrected chi connectivity index (χ3v) is 5.37. The van der Waals surface area contributed by atoms with Gasteiger partial charge < -0.3 is 20.5 Å². The van der Waals surface area contributed by atoms with E-state index >= 15 is 0 Å². The van der Waals surface area contributed by atoms with Crippen LogP contribution in [0.5, 0.6) is 17.2 Å². The van der Waals surface area contributed by atoms with Crippen molar-refractivity contribution in [3.63, 3.8) is 0 Å². The molecule has 35 heavy (non-hydrogen) atoms. The quantitative estimate of drug-likeness (QED) is 0.306. The summed E-state index contributed by atoms with van der Waals surface area (Å²) >= 11 is 5.93. The molecule has 0 spiro atoms. The Bertz CT molecular complexity index is 1330. The minimum atomic E-state index is -0.480. The summed E-state index contributed by atoms with van der Waals surface area (Å²) in [5.74, 6) is 0.0736. The third-order valence-electron chi connectivity index (χ3n) is 5.07. The molecule has 1 heterocycles. The van der Waals surface area contributed by atoms with Gasteiger partial charge in [-0.3, -0.25) is 14.6 Å². The number of para-hydroxylation sites is 1. The van der Waals surface area contributed by atoms with E-state index in [-0.39, 0.29) is 27.8 Å². The molecule has 3 aromatic carbocycles. The van der Waals surface area contributed by atoms with Gasteiger partial charge in [0.25, 0.3) is 11.8 Å². The molecule has 0 atom stereocenters. The number of benzene rings is 3. The molecule has 0 radical (unpaired) electrons. The van der Waals surface area contributed by atoms with E-state index in [0.717, 1.165) is 5.69 Å². The van der Waals surface area contributed by atoms with Crippen LogP contribution < -0.4 is 15.4 Å². The van der Waals surface area contributed by atoms with Crippen LogP contribution in [-0.4, -0.2) is 28.4 Å². The van der Waals surface area contributed by atoms with Crippen LogP contribution in [-0.2, 0) is 6.42 Å². The van der Waals surface area contributed by atoms with Crippen LogP contribution in [0.4, 0.5) is 5.69 Å². The Labute approximate surface area is 207 Å². The smallest absolute Gasteiger partial charge is 0.255 e. The normalized spacial score (nSPS) is 10.4. The largest absolute Gasteiger partial charge is 0.506 e. The zero-order valence-corrected chi connectivity index (χ0v) is 19.3. The van der Waals surface area contributed by atoms with E-state index in [4.69, 9.17) is 16.3 Å². The van der Waals surface area contributed by atoms with E-state index in [1.54, 1.807) is 36.5 Å². The van der Waals surface area contributed by atoms with Crippen molar-refractivity contribution >= 4 is 29.1 Å². The fourth-order valence-electron chi connectivity index (χ4n) is 3.30. The Hall–Kier alpha value is -4.36. The van der Waals surface area contributed by atoms with Gasteiger partial charge in [0.1, 0.15) is 17.2 Å². The molecule has 1 aromatic heterocycles. The lowest BCUT2D eigenvalue weighted by Crippen LogP contribution is -2.27. The summed E-state index contributed by atoms with van der Waals surface area (Å²) in [7, 11) is 0. The summed E-state index contributed by atoms with van der Waals surface area (Å²) in [6.07, 6.45) is 2.26. The third kappa shape index (κ3) is 6.37. The second-order valence-electron chi connectivity index (χ2n) is 7.57. The van der Waals surface area contributed by atoms with Crippen molar-refractivity contribution in [2.45, 2.75) is 6.42 Å². The number of nitrogens with zero attached hydrogens (tertiary/aromatic N) is 1. The lowest BCUT2D eigenvalue weighted by Gasteiger charge is -2.14. The second kappa shape index (κ2) is 11.2. The predicted octanol–water partition coefficient (Wildman–Crippen LogP) is 5.46. The number of rotatable bonds is 8. The molecule has 3 N–H and O–H groups in total. The molecule has 4 rings (SSSR count). The van der Waals surface area contributed by atoms with E-state index < -0.39 is 5.91 Å². The first-order valence-corrected chi connectivity index (χ1v) is 11.2. The minimum Gasteiger partial charge on any atom is -0.506 e. The molecule has 0 aliphatic rings. The van der Waals surface area contributed by atoms with E-state index in [1.807, 2.05) is 36.4 Å². The van der Waals surface area contributed by atoms with E-state index in [2.05, 4.69) is 15.6 Å². The molecule has 176 valence electrons. The van der Waals surface area contributed by atoms with Crippen LogP contribution in [0.3, 0.4) is 0 Å². The first-order valence-electron chi connectivity index (χ1n) is 10.8. The minimum absolute atomic E-state index is 0.0525. The van der Waals surface area contributed by atoms with Crippen LogP contribution >= 0.6 is 11.6 Å². The number of pyridine rings is 1. The van der Waals surface area contributed by atoms with Crippen molar-refractivity contribution in [2.24, 2.45) is 0 Å². The number of phenolic OH excluding ortho intramolecular Hbond substituents is 1. The van der Waals surface area contributed by atoms with Gasteiger partial charge in [-0.15, -0.1) is 0 Å². The first-order chi connectivity index (χ1) is 17.0. The number of carbonyl (C=O) groups is 2. The maximum Gasteiger partial charge on any atom is 0.255 e. The molecule has 0 unspecified atom stereocenters.